The molecule has 202 valence electrons. The van der Waals surface area contributed by atoms with Gasteiger partial charge in [-0.2, -0.15) is 0 Å². The summed E-state index contributed by atoms with van der Waals surface area (Å²) in [6, 6.07) is 25.7. The Morgan fingerprint density at radius 2 is 1.39 bits per heavy atom. The van der Waals surface area contributed by atoms with E-state index < -0.39 is 43.9 Å². The van der Waals surface area contributed by atoms with Crippen molar-refractivity contribution in [2.75, 3.05) is 11.9 Å². The Labute approximate surface area is 223 Å². The number of rotatable bonds is 8. The first kappa shape index (κ1) is 27.9. The van der Waals surface area contributed by atoms with Gasteiger partial charge in [-0.1, -0.05) is 81.4 Å². The number of ether oxygens (including phenoxy) is 1. The van der Waals surface area contributed by atoms with Crippen LogP contribution in [0.25, 0.3) is 0 Å². The Morgan fingerprint density at radius 3 is 1.87 bits per heavy atom. The monoisotopic (exact) mass is 538 g/mol. The van der Waals surface area contributed by atoms with Crippen LogP contribution in [0, 0.1) is 10.1 Å². The Morgan fingerprint density at radius 1 is 0.868 bits per heavy atom. The first-order valence-corrected chi connectivity index (χ1v) is 14.4. The molecule has 5 atom stereocenters. The lowest BCUT2D eigenvalue weighted by molar-refractivity contribution is -0.384. The molecular formula is C28H34N2O7Si. The fraction of sp³-hybridized carbons (Fsp3) is 0.357. The first-order chi connectivity index (χ1) is 18.0. The van der Waals surface area contributed by atoms with Crippen LogP contribution in [-0.4, -0.2) is 65.8 Å². The van der Waals surface area contributed by atoms with E-state index >= 15 is 0 Å². The Kier molecular flexibility index (Phi) is 8.31. The van der Waals surface area contributed by atoms with Gasteiger partial charge in [-0.15, -0.1) is 0 Å². The highest BCUT2D eigenvalue weighted by molar-refractivity contribution is 6.99. The molecule has 0 spiro atoms. The number of anilines is 1. The Hall–Kier alpha value is -3.12. The minimum Gasteiger partial charge on any atom is -0.405 e. The molecule has 0 unspecified atom stereocenters. The topological polar surface area (TPSA) is 134 Å². The predicted octanol–water partition coefficient (Wildman–Crippen LogP) is 2.39. The smallest absolute Gasteiger partial charge is 0.269 e. The minimum absolute atomic E-state index is 0.0311. The molecule has 4 rings (SSSR count). The van der Waals surface area contributed by atoms with Gasteiger partial charge < -0.3 is 29.8 Å². The molecule has 1 aliphatic heterocycles. The van der Waals surface area contributed by atoms with Crippen molar-refractivity contribution in [3.05, 3.63) is 95.0 Å². The number of nitro benzene ring substituents is 1. The zero-order chi connectivity index (χ0) is 27.5. The molecule has 9 nitrogen and oxygen atoms in total. The summed E-state index contributed by atoms with van der Waals surface area (Å²) in [6.45, 7) is 6.37. The third kappa shape index (κ3) is 5.51. The standard InChI is InChI=1S/C28H34N2O7Si/c1-28(2,3)38(21-10-6-4-7-11-21,22-12-8-5-9-13-22)36-18-23-24(31)25(32)26(33)27(37-23)29-19-14-16-20(17-15-19)30(34)35/h4-17,23-27,29,31-33H,18H2,1-3H3/t23-,24+,25-,26-,27-/m1/s1. The summed E-state index contributed by atoms with van der Waals surface area (Å²) in [5.74, 6) is 0. The van der Waals surface area contributed by atoms with Gasteiger partial charge in [0.05, 0.1) is 11.5 Å². The second kappa shape index (κ2) is 11.3. The maximum absolute atomic E-state index is 11.0. The zero-order valence-corrected chi connectivity index (χ0v) is 22.6. The first-order valence-electron chi connectivity index (χ1n) is 12.5. The number of nitrogens with zero attached hydrogens (tertiary/aromatic N) is 1. The molecule has 0 bridgehead atoms. The zero-order valence-electron chi connectivity index (χ0n) is 21.6. The van der Waals surface area contributed by atoms with E-state index in [1.807, 2.05) is 36.4 Å². The fourth-order valence-electron chi connectivity index (χ4n) is 5.02. The van der Waals surface area contributed by atoms with E-state index in [1.165, 1.54) is 24.3 Å². The molecule has 1 fully saturated rings. The molecule has 1 saturated heterocycles. The summed E-state index contributed by atoms with van der Waals surface area (Å²) in [4.78, 5) is 10.4. The van der Waals surface area contributed by atoms with E-state index in [4.69, 9.17) is 9.16 Å². The number of aliphatic hydroxyl groups is 3. The van der Waals surface area contributed by atoms with Crippen molar-refractivity contribution in [3.63, 3.8) is 0 Å². The Balaban J connectivity index is 1.62. The molecule has 3 aromatic carbocycles. The summed E-state index contributed by atoms with van der Waals surface area (Å²) in [5.41, 5.74) is 0.377. The minimum atomic E-state index is -2.93. The number of aliphatic hydroxyl groups excluding tert-OH is 3. The molecule has 1 heterocycles. The normalized spacial score (nSPS) is 24.1. The van der Waals surface area contributed by atoms with Gasteiger partial charge in [0.15, 0.2) is 6.23 Å². The number of hydrogen-bond acceptors (Lipinski definition) is 8. The molecule has 0 aromatic heterocycles. The quantitative estimate of drug-likeness (QED) is 0.195. The van der Waals surface area contributed by atoms with Gasteiger partial charge in [0.25, 0.3) is 14.0 Å². The van der Waals surface area contributed by atoms with Crippen LogP contribution in [0.5, 0.6) is 0 Å². The van der Waals surface area contributed by atoms with Gasteiger partial charge in [0.1, 0.15) is 24.4 Å². The summed E-state index contributed by atoms with van der Waals surface area (Å²) in [5, 5.41) is 47.8. The Bertz CT molecular complexity index is 1170. The van der Waals surface area contributed by atoms with Gasteiger partial charge in [-0.3, -0.25) is 10.1 Å². The fourth-order valence-corrected chi connectivity index (χ4v) is 9.59. The lowest BCUT2D eigenvalue weighted by atomic mass is 9.98. The van der Waals surface area contributed by atoms with Gasteiger partial charge in [-0.05, 0) is 27.5 Å². The largest absolute Gasteiger partial charge is 0.405 e. The molecule has 0 saturated carbocycles. The van der Waals surface area contributed by atoms with Gasteiger partial charge in [0, 0.05) is 17.8 Å². The van der Waals surface area contributed by atoms with E-state index in [1.54, 1.807) is 0 Å². The van der Waals surface area contributed by atoms with Crippen LogP contribution in [0.3, 0.4) is 0 Å². The third-order valence-corrected chi connectivity index (χ3v) is 12.0. The number of hydrogen-bond donors (Lipinski definition) is 4. The van der Waals surface area contributed by atoms with Crippen molar-refractivity contribution < 1.29 is 29.4 Å². The number of benzene rings is 3. The summed E-state index contributed by atoms with van der Waals surface area (Å²) < 4.78 is 12.9. The summed E-state index contributed by atoms with van der Waals surface area (Å²) >= 11 is 0. The van der Waals surface area contributed by atoms with E-state index in [0.717, 1.165) is 10.4 Å². The summed E-state index contributed by atoms with van der Waals surface area (Å²) in [6.07, 6.45) is -6.36. The van der Waals surface area contributed by atoms with Crippen LogP contribution >= 0.6 is 0 Å². The second-order valence-electron chi connectivity index (χ2n) is 10.5. The van der Waals surface area contributed by atoms with Crippen LogP contribution < -0.4 is 15.7 Å². The van der Waals surface area contributed by atoms with Crippen LogP contribution in [0.2, 0.25) is 5.04 Å². The highest BCUT2D eigenvalue weighted by Crippen LogP contribution is 2.37. The van der Waals surface area contributed by atoms with E-state index in [9.17, 15) is 25.4 Å². The van der Waals surface area contributed by atoms with Gasteiger partial charge in [0.2, 0.25) is 0 Å². The highest BCUT2D eigenvalue weighted by atomic mass is 28.4. The number of nitrogens with one attached hydrogen (secondary N) is 1. The average molecular weight is 539 g/mol. The molecule has 0 aliphatic carbocycles. The average Bonchev–Trinajstić information content (AvgIpc) is 2.91. The molecule has 4 N–H and O–H groups in total. The third-order valence-electron chi connectivity index (χ3n) is 6.98. The number of nitro groups is 1. The molecular weight excluding hydrogens is 504 g/mol. The molecule has 10 heteroatoms. The van der Waals surface area contributed by atoms with Gasteiger partial charge in [-0.25, -0.2) is 0 Å². The lowest BCUT2D eigenvalue weighted by Crippen LogP contribution is -2.68. The van der Waals surface area contributed by atoms with Crippen LogP contribution in [0.15, 0.2) is 84.9 Å². The van der Waals surface area contributed by atoms with Crippen LogP contribution in [0.1, 0.15) is 20.8 Å². The molecule has 0 radical (unpaired) electrons. The second-order valence-corrected chi connectivity index (χ2v) is 14.8. The maximum atomic E-state index is 11.0. The highest BCUT2D eigenvalue weighted by Gasteiger charge is 2.52. The maximum Gasteiger partial charge on any atom is 0.269 e. The van der Waals surface area contributed by atoms with Crippen molar-refractivity contribution in [2.45, 2.75) is 56.5 Å². The van der Waals surface area contributed by atoms with Crippen molar-refractivity contribution in [3.8, 4) is 0 Å². The van der Waals surface area contributed by atoms with Crippen LogP contribution in [0.4, 0.5) is 11.4 Å². The molecule has 1 aliphatic rings. The number of non-ortho nitro benzene ring substituents is 1. The van der Waals surface area contributed by atoms with E-state index in [-0.39, 0.29) is 17.3 Å². The molecule has 0 amide bonds. The molecule has 3 aromatic rings. The molecule has 38 heavy (non-hydrogen) atoms. The lowest BCUT2D eigenvalue weighted by Gasteiger charge is -2.46. The summed E-state index contributed by atoms with van der Waals surface area (Å²) in [7, 11) is -2.93. The van der Waals surface area contributed by atoms with Crippen molar-refractivity contribution in [1.29, 1.82) is 0 Å². The predicted molar refractivity (Wildman–Crippen MR) is 147 cm³/mol. The van der Waals surface area contributed by atoms with Crippen molar-refractivity contribution >= 4 is 30.1 Å². The van der Waals surface area contributed by atoms with Crippen molar-refractivity contribution in [2.24, 2.45) is 0 Å². The van der Waals surface area contributed by atoms with Crippen LogP contribution in [-0.2, 0) is 9.16 Å². The SMILES string of the molecule is CC(C)(C)[Si](OC[C@H]1O[C@@H](Nc2ccc([N+](=O)[O-])cc2)[C@H](O)[C@H](O)[C@H]1O)(c1ccccc1)c1ccccc1. The van der Waals surface area contributed by atoms with Gasteiger partial charge >= 0.3 is 0 Å². The van der Waals surface area contributed by atoms with Crippen molar-refractivity contribution in [1.82, 2.24) is 0 Å². The van der Waals surface area contributed by atoms with E-state index in [2.05, 4.69) is 50.4 Å². The van der Waals surface area contributed by atoms with E-state index in [0.29, 0.717) is 5.69 Å².